The molecule has 0 aromatic carbocycles. The summed E-state index contributed by atoms with van der Waals surface area (Å²) in [5.41, 5.74) is 0. The van der Waals surface area contributed by atoms with Crippen LogP contribution in [0.4, 0.5) is 0 Å². The molecule has 0 aliphatic rings. The second-order valence-corrected chi connectivity index (χ2v) is 4.03. The van der Waals surface area contributed by atoms with E-state index in [9.17, 15) is 9.59 Å². The van der Waals surface area contributed by atoms with Gasteiger partial charge in [0, 0.05) is 0 Å². The van der Waals surface area contributed by atoms with Crippen LogP contribution in [-0.2, 0) is 19.1 Å². The minimum atomic E-state index is -0.774. The molecule has 0 rings (SSSR count). The molecule has 0 saturated carbocycles. The van der Waals surface area contributed by atoms with E-state index in [1.54, 1.807) is 13.8 Å². The van der Waals surface area contributed by atoms with Crippen molar-refractivity contribution < 1.29 is 19.1 Å². The summed E-state index contributed by atoms with van der Waals surface area (Å²) in [7, 11) is 0. The van der Waals surface area contributed by atoms with Crippen LogP contribution in [0.15, 0.2) is 0 Å². The summed E-state index contributed by atoms with van der Waals surface area (Å²) in [6, 6.07) is 0. The summed E-state index contributed by atoms with van der Waals surface area (Å²) in [5, 5.41) is 0. The molecule has 0 spiro atoms. The molecule has 0 aromatic rings. The van der Waals surface area contributed by atoms with Gasteiger partial charge in [0.25, 0.3) is 0 Å². The van der Waals surface area contributed by atoms with Crippen molar-refractivity contribution in [1.29, 1.82) is 0 Å². The van der Waals surface area contributed by atoms with Gasteiger partial charge in [-0.25, -0.2) is 0 Å². The van der Waals surface area contributed by atoms with Gasteiger partial charge in [0.15, 0.2) is 5.92 Å². The molecule has 0 aromatic heterocycles. The molecule has 0 aliphatic heterocycles. The fourth-order valence-electron chi connectivity index (χ4n) is 1.50. The molecule has 1 unspecified atom stereocenters. The third-order valence-corrected chi connectivity index (χ3v) is 2.88. The number of hydrogen-bond acceptors (Lipinski definition) is 4. The Labute approximate surface area is 104 Å². The summed E-state index contributed by atoms with van der Waals surface area (Å²) >= 11 is 0. The van der Waals surface area contributed by atoms with Crippen LogP contribution >= 0.6 is 0 Å². The maximum atomic E-state index is 11.7. The minimum Gasteiger partial charge on any atom is -0.465 e. The average molecular weight is 244 g/mol. The molecule has 4 nitrogen and oxygen atoms in total. The quantitative estimate of drug-likeness (QED) is 0.486. The molecule has 4 heteroatoms. The molecule has 100 valence electrons. The van der Waals surface area contributed by atoms with Crippen molar-refractivity contribution in [3.63, 3.8) is 0 Å². The number of rotatable bonds is 8. The highest BCUT2D eigenvalue weighted by molar-refractivity contribution is 5.94. The van der Waals surface area contributed by atoms with Gasteiger partial charge in [-0.2, -0.15) is 0 Å². The van der Waals surface area contributed by atoms with E-state index < -0.39 is 17.9 Å². The van der Waals surface area contributed by atoms with Crippen LogP contribution in [0.3, 0.4) is 0 Å². The van der Waals surface area contributed by atoms with Crippen molar-refractivity contribution in [3.05, 3.63) is 0 Å². The number of hydrogen-bond donors (Lipinski definition) is 0. The van der Waals surface area contributed by atoms with E-state index in [1.165, 1.54) is 0 Å². The first-order chi connectivity index (χ1) is 8.10. The third-order valence-electron chi connectivity index (χ3n) is 2.88. The van der Waals surface area contributed by atoms with Crippen molar-refractivity contribution in [2.75, 3.05) is 13.2 Å². The second-order valence-electron chi connectivity index (χ2n) is 4.03. The van der Waals surface area contributed by atoms with Gasteiger partial charge in [0.2, 0.25) is 0 Å². The van der Waals surface area contributed by atoms with Gasteiger partial charge in [-0.3, -0.25) is 9.59 Å². The highest BCUT2D eigenvalue weighted by Gasteiger charge is 2.27. The molecule has 1 atom stereocenters. The molecular weight excluding hydrogens is 220 g/mol. The zero-order valence-electron chi connectivity index (χ0n) is 11.3. The fraction of sp³-hybridized carbons (Fsp3) is 0.846. The van der Waals surface area contributed by atoms with Gasteiger partial charge in [0.1, 0.15) is 0 Å². The molecule has 0 bridgehead atoms. The van der Waals surface area contributed by atoms with Gasteiger partial charge < -0.3 is 9.47 Å². The minimum absolute atomic E-state index is 0.287. The zero-order valence-corrected chi connectivity index (χ0v) is 11.3. The lowest BCUT2D eigenvalue weighted by Crippen LogP contribution is -2.28. The van der Waals surface area contributed by atoms with E-state index in [0.29, 0.717) is 18.9 Å². The van der Waals surface area contributed by atoms with Crippen molar-refractivity contribution in [2.45, 2.75) is 47.0 Å². The topological polar surface area (TPSA) is 52.6 Å². The second kappa shape index (κ2) is 9.02. The Kier molecular flexibility index (Phi) is 8.46. The SMILES string of the molecule is CCOC(=O)C(CC)C(=O)OCC(CC)CC. The van der Waals surface area contributed by atoms with E-state index in [-0.39, 0.29) is 6.61 Å². The van der Waals surface area contributed by atoms with Crippen LogP contribution in [0.25, 0.3) is 0 Å². The van der Waals surface area contributed by atoms with Gasteiger partial charge in [-0.05, 0) is 19.3 Å². The Hall–Kier alpha value is -1.06. The summed E-state index contributed by atoms with van der Waals surface area (Å²) in [5.74, 6) is -1.34. The fourth-order valence-corrected chi connectivity index (χ4v) is 1.50. The number of ether oxygens (including phenoxy) is 2. The molecular formula is C13H24O4. The Morgan fingerprint density at radius 2 is 1.41 bits per heavy atom. The van der Waals surface area contributed by atoms with Crippen molar-refractivity contribution in [3.8, 4) is 0 Å². The van der Waals surface area contributed by atoms with Crippen molar-refractivity contribution in [1.82, 2.24) is 0 Å². The highest BCUT2D eigenvalue weighted by Crippen LogP contribution is 2.12. The predicted octanol–water partition coefficient (Wildman–Crippen LogP) is 2.56. The number of esters is 2. The van der Waals surface area contributed by atoms with Crippen LogP contribution < -0.4 is 0 Å². The Morgan fingerprint density at radius 1 is 0.882 bits per heavy atom. The lowest BCUT2D eigenvalue weighted by atomic mass is 10.0. The van der Waals surface area contributed by atoms with E-state index in [4.69, 9.17) is 9.47 Å². The lowest BCUT2D eigenvalue weighted by molar-refractivity contribution is -0.162. The third kappa shape index (κ3) is 5.71. The summed E-state index contributed by atoms with van der Waals surface area (Å²) in [6.07, 6.45) is 2.36. The summed E-state index contributed by atoms with van der Waals surface area (Å²) in [6.45, 7) is 8.30. The largest absolute Gasteiger partial charge is 0.465 e. The van der Waals surface area contributed by atoms with E-state index in [0.717, 1.165) is 12.8 Å². The molecule has 0 fully saturated rings. The first-order valence-corrected chi connectivity index (χ1v) is 6.43. The lowest BCUT2D eigenvalue weighted by Gasteiger charge is -2.16. The predicted molar refractivity (Wildman–Crippen MR) is 65.4 cm³/mol. The van der Waals surface area contributed by atoms with Crippen molar-refractivity contribution >= 4 is 11.9 Å². The molecule has 0 amide bonds. The van der Waals surface area contributed by atoms with E-state index >= 15 is 0 Å². The normalized spacial score (nSPS) is 12.3. The first-order valence-electron chi connectivity index (χ1n) is 6.43. The zero-order chi connectivity index (χ0) is 13.3. The van der Waals surface area contributed by atoms with Crippen LogP contribution in [0, 0.1) is 11.8 Å². The monoisotopic (exact) mass is 244 g/mol. The average Bonchev–Trinajstić information content (AvgIpc) is 2.31. The van der Waals surface area contributed by atoms with Crippen LogP contribution in [-0.4, -0.2) is 25.2 Å². The van der Waals surface area contributed by atoms with E-state index in [1.807, 2.05) is 0 Å². The van der Waals surface area contributed by atoms with Gasteiger partial charge >= 0.3 is 11.9 Å². The molecule has 0 radical (unpaired) electrons. The maximum absolute atomic E-state index is 11.7. The Morgan fingerprint density at radius 3 is 1.82 bits per heavy atom. The molecule has 0 N–H and O–H groups in total. The van der Waals surface area contributed by atoms with E-state index in [2.05, 4.69) is 13.8 Å². The summed E-state index contributed by atoms with van der Waals surface area (Å²) < 4.78 is 10.0. The number of carbonyl (C=O) groups excluding carboxylic acids is 2. The maximum Gasteiger partial charge on any atom is 0.320 e. The van der Waals surface area contributed by atoms with Crippen LogP contribution in [0.1, 0.15) is 47.0 Å². The molecule has 0 aliphatic carbocycles. The molecule has 0 heterocycles. The summed E-state index contributed by atoms with van der Waals surface area (Å²) in [4.78, 5) is 23.2. The first kappa shape index (κ1) is 15.9. The van der Waals surface area contributed by atoms with Crippen molar-refractivity contribution in [2.24, 2.45) is 11.8 Å². The van der Waals surface area contributed by atoms with Gasteiger partial charge in [-0.15, -0.1) is 0 Å². The van der Waals surface area contributed by atoms with Gasteiger partial charge in [-0.1, -0.05) is 33.6 Å². The van der Waals surface area contributed by atoms with Crippen LogP contribution in [0.5, 0.6) is 0 Å². The molecule has 0 saturated heterocycles. The number of carbonyl (C=O) groups is 2. The smallest absolute Gasteiger partial charge is 0.320 e. The molecule has 17 heavy (non-hydrogen) atoms. The van der Waals surface area contributed by atoms with Crippen LogP contribution in [0.2, 0.25) is 0 Å². The highest BCUT2D eigenvalue weighted by atomic mass is 16.6. The Balaban J connectivity index is 4.21. The van der Waals surface area contributed by atoms with Gasteiger partial charge in [0.05, 0.1) is 13.2 Å². The Bertz CT molecular complexity index is 234. The standard InChI is InChI=1S/C13H24O4/c1-5-10(6-2)9-17-13(15)11(7-3)12(14)16-8-4/h10-11H,5-9H2,1-4H3.